The fourth-order valence-electron chi connectivity index (χ4n) is 2.03. The van der Waals surface area contributed by atoms with E-state index in [1.54, 1.807) is 13.1 Å². The van der Waals surface area contributed by atoms with Crippen LogP contribution in [-0.4, -0.2) is 24.5 Å². The van der Waals surface area contributed by atoms with Crippen LogP contribution in [0.2, 0.25) is 0 Å². The number of likely N-dealkylation sites (N-methyl/N-ethyl adjacent to an activating group) is 1. The number of benzene rings is 1. The highest BCUT2D eigenvalue weighted by molar-refractivity contribution is 9.10. The Bertz CT molecular complexity index is 732. The molecule has 1 aromatic carbocycles. The average molecular weight is 402 g/mol. The Morgan fingerprint density at radius 2 is 2.00 bits per heavy atom. The number of nitrogens with one attached hydrogen (secondary N) is 1. The Morgan fingerprint density at radius 3 is 2.54 bits per heavy atom. The minimum atomic E-state index is -4.43. The maximum atomic E-state index is 12.5. The van der Waals surface area contributed by atoms with Gasteiger partial charge >= 0.3 is 6.18 Å². The Balaban J connectivity index is 2.01. The fourth-order valence-corrected chi connectivity index (χ4v) is 2.51. The summed E-state index contributed by atoms with van der Waals surface area (Å²) in [5.41, 5.74) is 0.750. The van der Waals surface area contributed by atoms with Crippen molar-refractivity contribution in [3.63, 3.8) is 0 Å². The molecule has 24 heavy (non-hydrogen) atoms. The fraction of sp³-hybridized carbons (Fsp3) is 0.250. The van der Waals surface area contributed by atoms with Crippen molar-refractivity contribution in [2.45, 2.75) is 13.1 Å². The van der Waals surface area contributed by atoms with E-state index in [0.29, 0.717) is 5.69 Å². The van der Waals surface area contributed by atoms with Crippen LogP contribution in [0.1, 0.15) is 11.1 Å². The summed E-state index contributed by atoms with van der Waals surface area (Å²) in [4.78, 5) is 17.3. The van der Waals surface area contributed by atoms with Crippen LogP contribution in [0, 0.1) is 6.92 Å². The number of alkyl halides is 3. The second-order valence-electron chi connectivity index (χ2n) is 5.27. The van der Waals surface area contributed by atoms with Crippen LogP contribution in [0.5, 0.6) is 0 Å². The molecule has 0 radical (unpaired) electrons. The van der Waals surface area contributed by atoms with Crippen molar-refractivity contribution in [2.24, 2.45) is 0 Å². The van der Waals surface area contributed by atoms with Gasteiger partial charge < -0.3 is 10.2 Å². The molecule has 0 aliphatic rings. The van der Waals surface area contributed by atoms with E-state index >= 15 is 0 Å². The van der Waals surface area contributed by atoms with Gasteiger partial charge in [0.15, 0.2) is 0 Å². The monoisotopic (exact) mass is 401 g/mol. The second-order valence-corrected chi connectivity index (χ2v) is 6.18. The summed E-state index contributed by atoms with van der Waals surface area (Å²) in [6.45, 7) is 1.83. The minimum Gasteiger partial charge on any atom is -0.350 e. The molecule has 0 fully saturated rings. The number of carbonyl (C=O) groups is 1. The van der Waals surface area contributed by atoms with Gasteiger partial charge in [-0.2, -0.15) is 13.2 Å². The van der Waals surface area contributed by atoms with E-state index in [1.165, 1.54) is 11.0 Å². The lowest BCUT2D eigenvalue weighted by Crippen LogP contribution is -2.30. The predicted octanol–water partition coefficient (Wildman–Crippen LogP) is 4.25. The third kappa shape index (κ3) is 4.70. The van der Waals surface area contributed by atoms with Gasteiger partial charge in [-0.3, -0.25) is 4.79 Å². The number of hydrogen-bond acceptors (Lipinski definition) is 3. The molecular weight excluding hydrogens is 387 g/mol. The van der Waals surface area contributed by atoms with E-state index in [9.17, 15) is 18.0 Å². The van der Waals surface area contributed by atoms with Crippen molar-refractivity contribution >= 4 is 33.3 Å². The summed E-state index contributed by atoms with van der Waals surface area (Å²) in [5, 5.41) is 2.76. The van der Waals surface area contributed by atoms with Crippen molar-refractivity contribution in [1.82, 2.24) is 4.98 Å². The van der Waals surface area contributed by atoms with Gasteiger partial charge in [0, 0.05) is 23.4 Å². The highest BCUT2D eigenvalue weighted by Crippen LogP contribution is 2.29. The maximum Gasteiger partial charge on any atom is 0.417 e. The summed E-state index contributed by atoms with van der Waals surface area (Å²) in [7, 11) is 1.59. The highest BCUT2D eigenvalue weighted by Gasteiger charge is 2.30. The van der Waals surface area contributed by atoms with Crippen molar-refractivity contribution < 1.29 is 18.0 Å². The van der Waals surface area contributed by atoms with Crippen molar-refractivity contribution in [3.05, 3.63) is 52.1 Å². The molecule has 0 aliphatic carbocycles. The molecule has 0 atom stereocenters. The van der Waals surface area contributed by atoms with Crippen molar-refractivity contribution in [2.75, 3.05) is 23.8 Å². The zero-order chi connectivity index (χ0) is 17.9. The minimum absolute atomic E-state index is 0.0339. The normalized spacial score (nSPS) is 11.2. The van der Waals surface area contributed by atoms with E-state index in [1.807, 2.05) is 19.1 Å². The Labute approximate surface area is 145 Å². The highest BCUT2D eigenvalue weighted by atomic mass is 79.9. The van der Waals surface area contributed by atoms with Crippen LogP contribution in [0.15, 0.2) is 41.0 Å². The topological polar surface area (TPSA) is 45.2 Å². The number of rotatable bonds is 4. The van der Waals surface area contributed by atoms with Crippen LogP contribution >= 0.6 is 15.9 Å². The molecule has 0 saturated carbocycles. The summed E-state index contributed by atoms with van der Waals surface area (Å²) >= 11 is 3.34. The Kier molecular flexibility index (Phi) is 5.48. The maximum absolute atomic E-state index is 12.5. The van der Waals surface area contributed by atoms with Gasteiger partial charge in [0.1, 0.15) is 5.82 Å². The third-order valence-electron chi connectivity index (χ3n) is 3.31. The van der Waals surface area contributed by atoms with Crippen LogP contribution < -0.4 is 10.2 Å². The molecule has 0 aliphatic heterocycles. The molecule has 0 bridgehead atoms. The lowest BCUT2D eigenvalue weighted by atomic mass is 10.2. The number of hydrogen-bond donors (Lipinski definition) is 1. The number of aromatic nitrogens is 1. The van der Waals surface area contributed by atoms with Gasteiger partial charge in [0.2, 0.25) is 5.91 Å². The molecule has 1 aromatic heterocycles. The van der Waals surface area contributed by atoms with Crippen molar-refractivity contribution in [1.29, 1.82) is 0 Å². The number of pyridine rings is 1. The smallest absolute Gasteiger partial charge is 0.350 e. The molecule has 1 N–H and O–H groups in total. The first-order chi connectivity index (χ1) is 11.2. The Hall–Kier alpha value is -2.09. The van der Waals surface area contributed by atoms with E-state index < -0.39 is 11.7 Å². The van der Waals surface area contributed by atoms with Gasteiger partial charge in [0.05, 0.1) is 12.1 Å². The molecule has 0 unspecified atom stereocenters. The number of halogens is 4. The summed E-state index contributed by atoms with van der Waals surface area (Å²) in [6.07, 6.45) is -3.68. The summed E-state index contributed by atoms with van der Waals surface area (Å²) < 4.78 is 38.5. The predicted molar refractivity (Wildman–Crippen MR) is 90.0 cm³/mol. The van der Waals surface area contributed by atoms with Crippen molar-refractivity contribution in [3.8, 4) is 0 Å². The first kappa shape index (κ1) is 18.3. The van der Waals surface area contributed by atoms with E-state index in [2.05, 4.69) is 26.2 Å². The van der Waals surface area contributed by atoms with Gasteiger partial charge in [0.25, 0.3) is 0 Å². The molecule has 0 spiro atoms. The van der Waals surface area contributed by atoms with Gasteiger partial charge in [-0.1, -0.05) is 15.9 Å². The van der Waals surface area contributed by atoms with E-state index in [0.717, 1.165) is 22.3 Å². The average Bonchev–Trinajstić information content (AvgIpc) is 2.49. The number of carbonyl (C=O) groups excluding carboxylic acids is 1. The van der Waals surface area contributed by atoms with Crippen LogP contribution in [0.3, 0.4) is 0 Å². The molecule has 4 nitrogen and oxygen atoms in total. The van der Waals surface area contributed by atoms with Gasteiger partial charge in [-0.25, -0.2) is 4.98 Å². The molecule has 1 heterocycles. The first-order valence-corrected chi connectivity index (χ1v) is 7.76. The number of amides is 1. The van der Waals surface area contributed by atoms with Gasteiger partial charge in [-0.15, -0.1) is 0 Å². The molecule has 128 valence electrons. The standard InChI is InChI=1S/C16H15BrF3N3O/c1-10-7-12(17)4-5-13(10)22-15(24)9-23(2)14-6-3-11(8-21-14)16(18,19)20/h3-8H,9H2,1-2H3,(H,22,24). The molecular formula is C16H15BrF3N3O. The van der Waals surface area contributed by atoms with Crippen LogP contribution in [-0.2, 0) is 11.0 Å². The van der Waals surface area contributed by atoms with Gasteiger partial charge in [-0.05, 0) is 42.8 Å². The van der Waals surface area contributed by atoms with E-state index in [-0.39, 0.29) is 18.3 Å². The van der Waals surface area contributed by atoms with Crippen LogP contribution in [0.4, 0.5) is 24.7 Å². The second kappa shape index (κ2) is 7.21. The molecule has 2 aromatic rings. The molecule has 2 rings (SSSR count). The lowest BCUT2D eigenvalue weighted by Gasteiger charge is -2.18. The summed E-state index contributed by atoms with van der Waals surface area (Å²) in [5.74, 6) is -0.00435. The van der Waals surface area contributed by atoms with E-state index in [4.69, 9.17) is 0 Å². The molecule has 1 amide bonds. The SMILES string of the molecule is Cc1cc(Br)ccc1NC(=O)CN(C)c1ccc(C(F)(F)F)cn1. The van der Waals surface area contributed by atoms with Crippen LogP contribution in [0.25, 0.3) is 0 Å². The number of nitrogens with zero attached hydrogens (tertiary/aromatic N) is 2. The quantitative estimate of drug-likeness (QED) is 0.832. The number of anilines is 2. The summed E-state index contributed by atoms with van der Waals surface area (Å²) in [6, 6.07) is 7.63. The zero-order valence-corrected chi connectivity index (χ0v) is 14.6. The zero-order valence-electron chi connectivity index (χ0n) is 13.0. The molecule has 0 saturated heterocycles. The third-order valence-corrected chi connectivity index (χ3v) is 3.80. The number of aryl methyl sites for hydroxylation is 1. The lowest BCUT2D eigenvalue weighted by molar-refractivity contribution is -0.137. The largest absolute Gasteiger partial charge is 0.417 e. The first-order valence-electron chi connectivity index (χ1n) is 6.97. The Morgan fingerprint density at radius 1 is 1.29 bits per heavy atom. The molecule has 8 heteroatoms.